The number of nitrogens with two attached hydrogens (primary N) is 1. The summed E-state index contributed by atoms with van der Waals surface area (Å²) < 4.78 is 5.49. The fourth-order valence-electron chi connectivity index (χ4n) is 2.00. The third-order valence-corrected chi connectivity index (χ3v) is 3.17. The molecule has 1 aromatic rings. The minimum atomic E-state index is -0.679. The molecule has 1 fully saturated rings. The molecule has 0 bridgehead atoms. The van der Waals surface area contributed by atoms with E-state index in [1.165, 1.54) is 12.1 Å². The molecule has 2 rings (SSSR count). The molecule has 0 saturated heterocycles. The van der Waals surface area contributed by atoms with Gasteiger partial charge in [-0.3, -0.25) is 20.2 Å². The lowest BCUT2D eigenvalue weighted by atomic mass is 9.82. The van der Waals surface area contributed by atoms with E-state index < -0.39 is 9.85 Å². The molecular formula is C11H13N3O5. The largest absolute Gasteiger partial charge is 0.483 e. The molecule has 1 aromatic carbocycles. The third-order valence-electron chi connectivity index (χ3n) is 3.17. The molecule has 0 amide bonds. The van der Waals surface area contributed by atoms with Gasteiger partial charge in [0.15, 0.2) is 5.75 Å². The lowest BCUT2D eigenvalue weighted by Crippen LogP contribution is -2.37. The molecule has 0 heterocycles. The summed E-state index contributed by atoms with van der Waals surface area (Å²) in [7, 11) is 0. The lowest BCUT2D eigenvalue weighted by molar-refractivity contribution is -0.394. The van der Waals surface area contributed by atoms with Gasteiger partial charge in [-0.1, -0.05) is 0 Å². The second-order valence-corrected chi connectivity index (χ2v) is 4.48. The average molecular weight is 267 g/mol. The van der Waals surface area contributed by atoms with Crippen LogP contribution in [0.4, 0.5) is 11.4 Å². The van der Waals surface area contributed by atoms with Crippen LogP contribution in [0.2, 0.25) is 0 Å². The van der Waals surface area contributed by atoms with Gasteiger partial charge in [-0.2, -0.15) is 0 Å². The quantitative estimate of drug-likeness (QED) is 0.638. The molecule has 0 atom stereocenters. The van der Waals surface area contributed by atoms with E-state index in [2.05, 4.69) is 0 Å². The maximum absolute atomic E-state index is 10.9. The maximum Gasteiger partial charge on any atom is 0.317 e. The molecule has 102 valence electrons. The van der Waals surface area contributed by atoms with Gasteiger partial charge in [0.1, 0.15) is 0 Å². The van der Waals surface area contributed by atoms with Crippen LogP contribution in [0.3, 0.4) is 0 Å². The number of nitrogens with zero attached hydrogens (tertiary/aromatic N) is 2. The Morgan fingerprint density at radius 3 is 2.47 bits per heavy atom. The summed E-state index contributed by atoms with van der Waals surface area (Å²) in [5.41, 5.74) is 4.77. The first-order valence-electron chi connectivity index (χ1n) is 5.80. The summed E-state index contributed by atoms with van der Waals surface area (Å²) in [5.74, 6) is 0.457. The molecule has 0 aromatic heterocycles. The molecule has 8 nitrogen and oxygen atoms in total. The second kappa shape index (κ2) is 5.19. The zero-order valence-electron chi connectivity index (χ0n) is 10.0. The molecule has 1 aliphatic carbocycles. The summed E-state index contributed by atoms with van der Waals surface area (Å²) in [6, 6.07) is 3.38. The Hall–Kier alpha value is -2.22. The Kier molecular flexibility index (Phi) is 3.61. The monoisotopic (exact) mass is 267 g/mol. The van der Waals surface area contributed by atoms with Gasteiger partial charge < -0.3 is 10.5 Å². The van der Waals surface area contributed by atoms with Gasteiger partial charge >= 0.3 is 5.69 Å². The predicted octanol–water partition coefficient (Wildman–Crippen LogP) is 1.62. The van der Waals surface area contributed by atoms with E-state index in [0.717, 1.165) is 18.9 Å². The van der Waals surface area contributed by atoms with Crippen molar-refractivity contribution in [3.8, 4) is 5.75 Å². The van der Waals surface area contributed by atoms with Crippen molar-refractivity contribution in [1.82, 2.24) is 0 Å². The predicted molar refractivity (Wildman–Crippen MR) is 65.9 cm³/mol. The number of non-ortho nitro benzene ring substituents is 1. The number of benzene rings is 1. The zero-order chi connectivity index (χ0) is 14.0. The topological polar surface area (TPSA) is 122 Å². The summed E-state index contributed by atoms with van der Waals surface area (Å²) in [4.78, 5) is 20.1. The number of nitro groups is 2. The molecule has 1 aliphatic rings. The van der Waals surface area contributed by atoms with Crippen molar-refractivity contribution >= 4 is 11.4 Å². The van der Waals surface area contributed by atoms with Crippen LogP contribution in [0.15, 0.2) is 18.2 Å². The SMILES string of the molecule is NCC1CC(Oc2ccc([N+](=O)[O-])cc2[N+](=O)[O-])C1. The fraction of sp³-hybridized carbons (Fsp3) is 0.455. The molecule has 1 saturated carbocycles. The molecule has 2 N–H and O–H groups in total. The number of hydrogen-bond acceptors (Lipinski definition) is 6. The van der Waals surface area contributed by atoms with Gasteiger partial charge in [0.05, 0.1) is 22.0 Å². The maximum atomic E-state index is 10.9. The van der Waals surface area contributed by atoms with E-state index in [9.17, 15) is 20.2 Å². The summed E-state index contributed by atoms with van der Waals surface area (Å²) in [6.45, 7) is 0.572. The van der Waals surface area contributed by atoms with Gasteiger partial charge in [-0.15, -0.1) is 0 Å². The number of rotatable bonds is 5. The van der Waals surface area contributed by atoms with E-state index in [1.807, 2.05) is 0 Å². The van der Waals surface area contributed by atoms with Gasteiger partial charge in [0, 0.05) is 6.07 Å². The van der Waals surface area contributed by atoms with E-state index >= 15 is 0 Å². The first kappa shape index (κ1) is 13.2. The normalized spacial score (nSPS) is 21.5. The molecule has 0 spiro atoms. The first-order valence-corrected chi connectivity index (χ1v) is 5.80. The minimum absolute atomic E-state index is 0.0658. The number of nitro benzene ring substituents is 2. The molecular weight excluding hydrogens is 254 g/mol. The zero-order valence-corrected chi connectivity index (χ0v) is 10.0. The van der Waals surface area contributed by atoms with Gasteiger partial charge in [0.25, 0.3) is 5.69 Å². The van der Waals surface area contributed by atoms with Crippen molar-refractivity contribution < 1.29 is 14.6 Å². The van der Waals surface area contributed by atoms with Crippen LogP contribution in [0, 0.1) is 26.1 Å². The Morgan fingerprint density at radius 2 is 1.95 bits per heavy atom. The van der Waals surface area contributed by atoms with E-state index in [1.54, 1.807) is 0 Å². The van der Waals surface area contributed by atoms with Crippen molar-refractivity contribution in [3.63, 3.8) is 0 Å². The van der Waals surface area contributed by atoms with Crippen LogP contribution in [0.5, 0.6) is 5.75 Å². The summed E-state index contributed by atoms with van der Waals surface area (Å²) >= 11 is 0. The number of hydrogen-bond donors (Lipinski definition) is 1. The van der Waals surface area contributed by atoms with Crippen molar-refractivity contribution in [2.75, 3.05) is 6.54 Å². The average Bonchev–Trinajstić information content (AvgIpc) is 2.32. The van der Waals surface area contributed by atoms with Gasteiger partial charge in [-0.25, -0.2) is 0 Å². The van der Waals surface area contributed by atoms with Gasteiger partial charge in [0.2, 0.25) is 0 Å². The van der Waals surface area contributed by atoms with Crippen LogP contribution < -0.4 is 10.5 Å². The van der Waals surface area contributed by atoms with Crippen molar-refractivity contribution in [2.45, 2.75) is 18.9 Å². The van der Waals surface area contributed by atoms with Crippen LogP contribution >= 0.6 is 0 Å². The van der Waals surface area contributed by atoms with Crippen molar-refractivity contribution in [1.29, 1.82) is 0 Å². The van der Waals surface area contributed by atoms with E-state index in [4.69, 9.17) is 10.5 Å². The summed E-state index contributed by atoms with van der Waals surface area (Å²) in [6.07, 6.45) is 1.41. The Balaban J connectivity index is 2.16. The molecule has 0 aliphatic heterocycles. The standard InChI is InChI=1S/C11H13N3O5/c12-6-7-3-9(4-7)19-11-2-1-8(13(15)16)5-10(11)14(17)18/h1-2,5,7,9H,3-4,6,12H2. The Morgan fingerprint density at radius 1 is 1.26 bits per heavy atom. The summed E-state index contributed by atoms with van der Waals surface area (Å²) in [5, 5.41) is 21.5. The van der Waals surface area contributed by atoms with Crippen LogP contribution in [-0.4, -0.2) is 22.5 Å². The van der Waals surface area contributed by atoms with Crippen LogP contribution in [0.1, 0.15) is 12.8 Å². The highest BCUT2D eigenvalue weighted by Gasteiger charge is 2.32. The van der Waals surface area contributed by atoms with Crippen molar-refractivity contribution in [3.05, 3.63) is 38.4 Å². The molecule has 8 heteroatoms. The fourth-order valence-corrected chi connectivity index (χ4v) is 2.00. The minimum Gasteiger partial charge on any atom is -0.483 e. The van der Waals surface area contributed by atoms with Gasteiger partial charge in [-0.05, 0) is 31.4 Å². The highest BCUT2D eigenvalue weighted by molar-refractivity contribution is 5.53. The lowest BCUT2D eigenvalue weighted by Gasteiger charge is -2.34. The third kappa shape index (κ3) is 2.79. The van der Waals surface area contributed by atoms with E-state index in [0.29, 0.717) is 12.5 Å². The Bertz CT molecular complexity index is 513. The second-order valence-electron chi connectivity index (χ2n) is 4.48. The first-order chi connectivity index (χ1) is 9.01. The highest BCUT2D eigenvalue weighted by atomic mass is 16.6. The van der Waals surface area contributed by atoms with Crippen LogP contribution in [-0.2, 0) is 0 Å². The smallest absolute Gasteiger partial charge is 0.317 e. The highest BCUT2D eigenvalue weighted by Crippen LogP contribution is 2.36. The van der Waals surface area contributed by atoms with Crippen molar-refractivity contribution in [2.24, 2.45) is 11.7 Å². The Labute approximate surface area is 108 Å². The number of ether oxygens (including phenoxy) is 1. The molecule has 0 radical (unpaired) electrons. The molecule has 19 heavy (non-hydrogen) atoms. The van der Waals surface area contributed by atoms with Crippen LogP contribution in [0.25, 0.3) is 0 Å². The van der Waals surface area contributed by atoms with E-state index in [-0.39, 0.29) is 23.2 Å². The molecule has 0 unspecified atom stereocenters.